The molecular formula is C26H41N5O6. The van der Waals surface area contributed by atoms with E-state index in [9.17, 15) is 29.1 Å². The van der Waals surface area contributed by atoms with Gasteiger partial charge in [0.1, 0.15) is 18.1 Å². The Morgan fingerprint density at radius 2 is 1.27 bits per heavy atom. The van der Waals surface area contributed by atoms with Gasteiger partial charge in [0, 0.05) is 6.42 Å². The Hall–Kier alpha value is -3.47. The topological polar surface area (TPSA) is 194 Å². The number of aliphatic carboxylic acids is 1. The summed E-state index contributed by atoms with van der Waals surface area (Å²) in [6.07, 6.45) is 0.423. The van der Waals surface area contributed by atoms with Crippen molar-refractivity contribution < 1.29 is 29.1 Å². The lowest BCUT2D eigenvalue weighted by Crippen LogP contribution is -2.57. The van der Waals surface area contributed by atoms with Gasteiger partial charge in [0.05, 0.1) is 6.04 Å². The molecule has 0 spiro atoms. The van der Waals surface area contributed by atoms with Crippen molar-refractivity contribution in [1.29, 1.82) is 0 Å². The highest BCUT2D eigenvalue weighted by Crippen LogP contribution is 2.10. The Kier molecular flexibility index (Phi) is 13.3. The fraction of sp³-hybridized carbons (Fsp3) is 0.577. The third-order valence-electron chi connectivity index (χ3n) is 5.61. The molecule has 0 aliphatic carbocycles. The monoisotopic (exact) mass is 519 g/mol. The predicted molar refractivity (Wildman–Crippen MR) is 139 cm³/mol. The standard InChI is InChI=1S/C26H41N5O6/c1-15(2)12-20(25(35)31-21(26(36)37)13-16(3)4)30-24(34)19(10-11-22(28)32)29-23(33)18(27)14-17-8-6-5-7-9-17/h5-9,15-16,18-21H,10-14,27H2,1-4H3,(H2,28,32)(H,29,33)(H,30,34)(H,31,35)(H,36,37). The van der Waals surface area contributed by atoms with Gasteiger partial charge < -0.3 is 32.5 Å². The fourth-order valence-electron chi connectivity index (χ4n) is 3.74. The number of hydrogen-bond acceptors (Lipinski definition) is 6. The van der Waals surface area contributed by atoms with Crippen molar-refractivity contribution in [1.82, 2.24) is 16.0 Å². The molecule has 4 atom stereocenters. The van der Waals surface area contributed by atoms with Crippen molar-refractivity contribution in [3.63, 3.8) is 0 Å². The largest absolute Gasteiger partial charge is 0.480 e. The van der Waals surface area contributed by atoms with Crippen LogP contribution >= 0.6 is 0 Å². The highest BCUT2D eigenvalue weighted by atomic mass is 16.4. The maximum absolute atomic E-state index is 13.2. The third-order valence-corrected chi connectivity index (χ3v) is 5.61. The summed E-state index contributed by atoms with van der Waals surface area (Å²) in [6.45, 7) is 7.38. The van der Waals surface area contributed by atoms with E-state index >= 15 is 0 Å². The number of carboxylic acids is 1. The molecule has 0 heterocycles. The average Bonchev–Trinajstić information content (AvgIpc) is 2.80. The van der Waals surface area contributed by atoms with E-state index in [1.54, 1.807) is 0 Å². The lowest BCUT2D eigenvalue weighted by molar-refractivity contribution is -0.143. The van der Waals surface area contributed by atoms with Gasteiger partial charge in [-0.25, -0.2) is 4.79 Å². The quantitative estimate of drug-likeness (QED) is 0.182. The zero-order valence-electron chi connectivity index (χ0n) is 22.0. The molecule has 0 saturated heterocycles. The maximum atomic E-state index is 13.2. The molecule has 0 fully saturated rings. The molecule has 11 heteroatoms. The first kappa shape index (κ1) is 31.6. The lowest BCUT2D eigenvalue weighted by Gasteiger charge is -2.26. The molecule has 0 saturated carbocycles. The first-order valence-electron chi connectivity index (χ1n) is 12.5. The number of rotatable bonds is 16. The number of nitrogens with one attached hydrogen (secondary N) is 3. The van der Waals surface area contributed by atoms with E-state index in [0.717, 1.165) is 5.56 Å². The minimum atomic E-state index is -1.17. The van der Waals surface area contributed by atoms with Crippen molar-refractivity contribution >= 4 is 29.6 Å². The Morgan fingerprint density at radius 3 is 1.78 bits per heavy atom. The van der Waals surface area contributed by atoms with Crippen molar-refractivity contribution in [3.05, 3.63) is 35.9 Å². The normalized spacial score (nSPS) is 14.4. The number of carboxylic acid groups (broad SMARTS) is 1. The molecule has 0 aliphatic heterocycles. The van der Waals surface area contributed by atoms with Crippen molar-refractivity contribution in [3.8, 4) is 0 Å². The van der Waals surface area contributed by atoms with Crippen LogP contribution in [-0.4, -0.2) is 58.9 Å². The van der Waals surface area contributed by atoms with Crippen molar-refractivity contribution in [2.75, 3.05) is 0 Å². The number of primary amides is 1. The number of nitrogens with two attached hydrogens (primary N) is 2. The fourth-order valence-corrected chi connectivity index (χ4v) is 3.74. The second-order valence-electron chi connectivity index (χ2n) is 10.1. The number of hydrogen-bond donors (Lipinski definition) is 6. The first-order valence-corrected chi connectivity index (χ1v) is 12.5. The Labute approximate surface area is 218 Å². The Bertz CT molecular complexity index is 921. The van der Waals surface area contributed by atoms with Crippen LogP contribution in [0.25, 0.3) is 0 Å². The van der Waals surface area contributed by atoms with Gasteiger partial charge in [0.2, 0.25) is 23.6 Å². The summed E-state index contributed by atoms with van der Waals surface area (Å²) in [6, 6.07) is 4.84. The van der Waals surface area contributed by atoms with Crippen molar-refractivity contribution in [2.24, 2.45) is 23.3 Å². The number of carbonyl (C=O) groups is 5. The summed E-state index contributed by atoms with van der Waals surface area (Å²) in [5, 5.41) is 17.2. The van der Waals surface area contributed by atoms with Crippen LogP contribution in [0.4, 0.5) is 0 Å². The van der Waals surface area contributed by atoms with Crippen LogP contribution in [0.15, 0.2) is 30.3 Å². The second kappa shape index (κ2) is 15.6. The van der Waals surface area contributed by atoms with Crippen LogP contribution in [0.5, 0.6) is 0 Å². The molecule has 8 N–H and O–H groups in total. The van der Waals surface area contributed by atoms with Crippen LogP contribution < -0.4 is 27.4 Å². The molecule has 1 aromatic carbocycles. The van der Waals surface area contributed by atoms with Gasteiger partial charge in [0.25, 0.3) is 0 Å². The van der Waals surface area contributed by atoms with Crippen LogP contribution in [0.1, 0.15) is 58.9 Å². The Balaban J connectivity index is 2.99. The number of benzene rings is 1. The minimum absolute atomic E-state index is 0.0117. The first-order chi connectivity index (χ1) is 17.3. The molecule has 4 amide bonds. The summed E-state index contributed by atoms with van der Waals surface area (Å²) in [7, 11) is 0. The van der Waals surface area contributed by atoms with Gasteiger partial charge >= 0.3 is 5.97 Å². The highest BCUT2D eigenvalue weighted by Gasteiger charge is 2.31. The lowest BCUT2D eigenvalue weighted by atomic mass is 9.99. The van der Waals surface area contributed by atoms with Gasteiger partial charge in [-0.3, -0.25) is 19.2 Å². The molecule has 37 heavy (non-hydrogen) atoms. The minimum Gasteiger partial charge on any atom is -0.480 e. The Morgan fingerprint density at radius 1 is 0.784 bits per heavy atom. The van der Waals surface area contributed by atoms with Crippen LogP contribution in [0, 0.1) is 11.8 Å². The van der Waals surface area contributed by atoms with E-state index in [4.69, 9.17) is 11.5 Å². The molecule has 0 bridgehead atoms. The maximum Gasteiger partial charge on any atom is 0.326 e. The van der Waals surface area contributed by atoms with E-state index in [0.29, 0.717) is 0 Å². The van der Waals surface area contributed by atoms with Crippen LogP contribution in [0.3, 0.4) is 0 Å². The van der Waals surface area contributed by atoms with Gasteiger partial charge in [-0.15, -0.1) is 0 Å². The zero-order chi connectivity index (χ0) is 28.1. The zero-order valence-corrected chi connectivity index (χ0v) is 22.0. The van der Waals surface area contributed by atoms with E-state index in [-0.39, 0.29) is 43.9 Å². The number of amides is 4. The van der Waals surface area contributed by atoms with E-state index in [1.807, 2.05) is 58.0 Å². The SMILES string of the molecule is CC(C)CC(NC(=O)C(CC(C)C)NC(=O)C(CCC(N)=O)NC(=O)C(N)Cc1ccccc1)C(=O)O. The molecule has 1 rings (SSSR count). The molecule has 206 valence electrons. The molecule has 0 aromatic heterocycles. The summed E-state index contributed by atoms with van der Waals surface area (Å²) < 4.78 is 0. The average molecular weight is 520 g/mol. The molecule has 0 radical (unpaired) electrons. The van der Waals surface area contributed by atoms with Crippen LogP contribution in [0.2, 0.25) is 0 Å². The van der Waals surface area contributed by atoms with Gasteiger partial charge in [0.15, 0.2) is 0 Å². The second-order valence-corrected chi connectivity index (χ2v) is 10.1. The van der Waals surface area contributed by atoms with Gasteiger partial charge in [-0.2, -0.15) is 0 Å². The highest BCUT2D eigenvalue weighted by molar-refractivity contribution is 5.94. The van der Waals surface area contributed by atoms with E-state index in [2.05, 4.69) is 16.0 Å². The van der Waals surface area contributed by atoms with Gasteiger partial charge in [-0.1, -0.05) is 58.0 Å². The van der Waals surface area contributed by atoms with E-state index < -0.39 is 53.8 Å². The van der Waals surface area contributed by atoms with Crippen LogP contribution in [-0.2, 0) is 30.4 Å². The molecule has 0 aliphatic rings. The summed E-state index contributed by atoms with van der Waals surface area (Å²) in [5.41, 5.74) is 12.1. The summed E-state index contributed by atoms with van der Waals surface area (Å²) >= 11 is 0. The molecule has 11 nitrogen and oxygen atoms in total. The molecular weight excluding hydrogens is 478 g/mol. The third kappa shape index (κ3) is 12.4. The van der Waals surface area contributed by atoms with Crippen molar-refractivity contribution in [2.45, 2.75) is 84.0 Å². The number of carbonyl (C=O) groups excluding carboxylic acids is 4. The molecule has 4 unspecified atom stereocenters. The predicted octanol–water partition coefficient (Wildman–Crippen LogP) is 0.453. The van der Waals surface area contributed by atoms with E-state index in [1.165, 1.54) is 0 Å². The summed E-state index contributed by atoms with van der Waals surface area (Å²) in [5.74, 6) is -3.75. The molecule has 1 aromatic rings. The smallest absolute Gasteiger partial charge is 0.326 e. The summed E-state index contributed by atoms with van der Waals surface area (Å²) in [4.78, 5) is 61.8. The van der Waals surface area contributed by atoms with Gasteiger partial charge in [-0.05, 0) is 43.1 Å².